The summed E-state index contributed by atoms with van der Waals surface area (Å²) in [6, 6.07) is 13.1. The van der Waals surface area contributed by atoms with E-state index in [9.17, 15) is 14.8 Å². The van der Waals surface area contributed by atoms with Gasteiger partial charge in [0, 0.05) is 11.8 Å². The lowest BCUT2D eigenvalue weighted by Crippen LogP contribution is -2.18. The molecule has 0 atom stereocenters. The summed E-state index contributed by atoms with van der Waals surface area (Å²) >= 11 is 0. The number of imidazole rings is 1. The van der Waals surface area contributed by atoms with E-state index in [1.807, 2.05) is 6.07 Å². The number of halogens is 1. The fourth-order valence-electron chi connectivity index (χ4n) is 2.95. The molecule has 6 nitrogen and oxygen atoms in total. The van der Waals surface area contributed by atoms with Crippen molar-refractivity contribution in [2.45, 2.75) is 19.4 Å². The number of fused-ring (bicyclic) bond motifs is 1. The van der Waals surface area contributed by atoms with Gasteiger partial charge in [-0.1, -0.05) is 6.07 Å². The average molecular weight is 373 g/mol. The van der Waals surface area contributed by atoms with Crippen LogP contribution in [0.15, 0.2) is 54.9 Å². The number of pyridine rings is 1. The van der Waals surface area contributed by atoms with Crippen molar-refractivity contribution in [2.24, 2.45) is 0 Å². The number of nitrogens with zero attached hydrogens (tertiary/aromatic N) is 5. The SMILES string of the molecule is CC(C)(O)c1ccn2c(-c3cccc(-c4cc(F)ccc4C#N)n3)cnc2n1. The van der Waals surface area contributed by atoms with E-state index < -0.39 is 11.4 Å². The average Bonchev–Trinajstić information content (AvgIpc) is 3.10. The van der Waals surface area contributed by atoms with Crippen molar-refractivity contribution in [3.63, 3.8) is 0 Å². The molecule has 7 heteroatoms. The first-order chi connectivity index (χ1) is 13.4. The predicted molar refractivity (Wildman–Crippen MR) is 102 cm³/mol. The zero-order valence-corrected chi connectivity index (χ0v) is 15.3. The van der Waals surface area contributed by atoms with Crippen LogP contribution in [0.1, 0.15) is 25.1 Å². The third-order valence-electron chi connectivity index (χ3n) is 4.40. The van der Waals surface area contributed by atoms with Crippen molar-refractivity contribution in [1.29, 1.82) is 5.26 Å². The van der Waals surface area contributed by atoms with Crippen LogP contribution in [0.2, 0.25) is 0 Å². The molecule has 0 bridgehead atoms. The van der Waals surface area contributed by atoms with E-state index in [4.69, 9.17) is 0 Å². The Morgan fingerprint density at radius 1 is 1.11 bits per heavy atom. The van der Waals surface area contributed by atoms with Gasteiger partial charge >= 0.3 is 0 Å². The fraction of sp³-hybridized carbons (Fsp3) is 0.143. The minimum atomic E-state index is -1.07. The molecule has 0 radical (unpaired) electrons. The molecule has 1 aromatic carbocycles. The number of benzene rings is 1. The topological polar surface area (TPSA) is 87.1 Å². The first-order valence-electron chi connectivity index (χ1n) is 8.61. The summed E-state index contributed by atoms with van der Waals surface area (Å²) in [5.74, 6) is 0.00431. The Kier molecular flexibility index (Phi) is 4.13. The van der Waals surface area contributed by atoms with Crippen molar-refractivity contribution < 1.29 is 9.50 Å². The molecule has 28 heavy (non-hydrogen) atoms. The molecule has 0 amide bonds. The molecule has 3 heterocycles. The third-order valence-corrected chi connectivity index (χ3v) is 4.40. The van der Waals surface area contributed by atoms with E-state index in [1.165, 1.54) is 18.2 Å². The van der Waals surface area contributed by atoms with Crippen molar-refractivity contribution >= 4 is 5.78 Å². The maximum Gasteiger partial charge on any atom is 0.234 e. The summed E-state index contributed by atoms with van der Waals surface area (Å²) in [6.07, 6.45) is 3.41. The number of aromatic nitrogens is 4. The Morgan fingerprint density at radius 2 is 1.89 bits per heavy atom. The molecule has 0 saturated carbocycles. The predicted octanol–water partition coefficient (Wildman–Crippen LogP) is 3.70. The molecule has 4 aromatic rings. The maximum absolute atomic E-state index is 13.7. The van der Waals surface area contributed by atoms with Crippen molar-refractivity contribution in [1.82, 2.24) is 19.4 Å². The van der Waals surface area contributed by atoms with Gasteiger partial charge < -0.3 is 5.11 Å². The molecule has 0 unspecified atom stereocenters. The van der Waals surface area contributed by atoms with Crippen LogP contribution in [0, 0.1) is 17.1 Å². The van der Waals surface area contributed by atoms with E-state index in [-0.39, 0.29) is 0 Å². The monoisotopic (exact) mass is 373 g/mol. The number of hydrogen-bond acceptors (Lipinski definition) is 5. The normalized spacial score (nSPS) is 11.5. The van der Waals surface area contributed by atoms with E-state index in [2.05, 4.69) is 21.0 Å². The minimum absolute atomic E-state index is 0.348. The van der Waals surface area contributed by atoms with Gasteiger partial charge in [0.05, 0.1) is 40.6 Å². The summed E-state index contributed by atoms with van der Waals surface area (Å²) in [4.78, 5) is 13.3. The van der Waals surface area contributed by atoms with Crippen molar-refractivity contribution in [3.8, 4) is 28.7 Å². The quantitative estimate of drug-likeness (QED) is 0.592. The summed E-state index contributed by atoms with van der Waals surface area (Å²) in [6.45, 7) is 3.32. The number of aliphatic hydroxyl groups is 1. The molecule has 0 fully saturated rings. The van der Waals surface area contributed by atoms with Crippen LogP contribution in [-0.4, -0.2) is 24.5 Å². The summed E-state index contributed by atoms with van der Waals surface area (Å²) in [5.41, 5.74) is 2.01. The Balaban J connectivity index is 1.83. The molecule has 0 saturated heterocycles. The van der Waals surface area contributed by atoms with Crippen LogP contribution in [0.25, 0.3) is 28.4 Å². The fourth-order valence-corrected chi connectivity index (χ4v) is 2.95. The summed E-state index contributed by atoms with van der Waals surface area (Å²) in [7, 11) is 0. The molecule has 3 aromatic heterocycles. The summed E-state index contributed by atoms with van der Waals surface area (Å²) < 4.78 is 15.5. The minimum Gasteiger partial charge on any atom is -0.384 e. The van der Waals surface area contributed by atoms with Gasteiger partial charge in [0.15, 0.2) is 0 Å². The molecule has 0 aliphatic heterocycles. The van der Waals surface area contributed by atoms with Gasteiger partial charge in [-0.2, -0.15) is 5.26 Å². The summed E-state index contributed by atoms with van der Waals surface area (Å²) in [5, 5.41) is 19.5. The van der Waals surface area contributed by atoms with Crippen LogP contribution in [0.3, 0.4) is 0 Å². The largest absolute Gasteiger partial charge is 0.384 e. The van der Waals surface area contributed by atoms with Crippen molar-refractivity contribution in [3.05, 3.63) is 71.9 Å². The highest BCUT2D eigenvalue weighted by Gasteiger charge is 2.19. The second kappa shape index (κ2) is 6.51. The highest BCUT2D eigenvalue weighted by molar-refractivity contribution is 5.70. The second-order valence-electron chi connectivity index (χ2n) is 6.90. The number of hydrogen-bond donors (Lipinski definition) is 1. The highest BCUT2D eigenvalue weighted by atomic mass is 19.1. The highest BCUT2D eigenvalue weighted by Crippen LogP contribution is 2.27. The van der Waals surface area contributed by atoms with Crippen molar-refractivity contribution in [2.75, 3.05) is 0 Å². The van der Waals surface area contributed by atoms with E-state index in [0.29, 0.717) is 39.7 Å². The smallest absolute Gasteiger partial charge is 0.234 e. The molecule has 0 aliphatic rings. The first kappa shape index (κ1) is 17.8. The van der Waals surface area contributed by atoms with Crippen LogP contribution >= 0.6 is 0 Å². The van der Waals surface area contributed by atoms with Gasteiger partial charge in [-0.05, 0) is 50.2 Å². The van der Waals surface area contributed by atoms with E-state index >= 15 is 0 Å². The lowest BCUT2D eigenvalue weighted by Gasteiger charge is -2.16. The molecular formula is C21H16FN5O. The van der Waals surface area contributed by atoms with E-state index in [1.54, 1.807) is 48.8 Å². The standard InChI is InChI=1S/C21H16FN5O/c1-21(2,28)19-8-9-27-18(12-24-20(27)26-19)17-5-3-4-16(25-17)15-10-14(22)7-6-13(15)11-23/h3-10,12,28H,1-2H3. The lowest BCUT2D eigenvalue weighted by molar-refractivity contribution is 0.0739. The van der Waals surface area contributed by atoms with Gasteiger partial charge in [-0.3, -0.25) is 4.40 Å². The zero-order chi connectivity index (χ0) is 19.9. The zero-order valence-electron chi connectivity index (χ0n) is 15.3. The van der Waals surface area contributed by atoms with Crippen LogP contribution in [0.5, 0.6) is 0 Å². The molecule has 1 N–H and O–H groups in total. The Labute approximate surface area is 160 Å². The van der Waals surface area contributed by atoms with Gasteiger partial charge in [0.1, 0.15) is 11.4 Å². The number of rotatable bonds is 3. The number of nitriles is 1. The Bertz CT molecular complexity index is 1230. The van der Waals surface area contributed by atoms with Crippen LogP contribution in [0.4, 0.5) is 4.39 Å². The third kappa shape index (κ3) is 3.10. The molecular weight excluding hydrogens is 357 g/mol. The van der Waals surface area contributed by atoms with E-state index in [0.717, 1.165) is 0 Å². The van der Waals surface area contributed by atoms with Gasteiger partial charge in [-0.25, -0.2) is 19.3 Å². The van der Waals surface area contributed by atoms with Gasteiger partial charge in [0.2, 0.25) is 5.78 Å². The Morgan fingerprint density at radius 3 is 2.64 bits per heavy atom. The van der Waals surface area contributed by atoms with Gasteiger partial charge in [-0.15, -0.1) is 0 Å². The molecule has 0 aliphatic carbocycles. The second-order valence-corrected chi connectivity index (χ2v) is 6.90. The molecule has 0 spiro atoms. The lowest BCUT2D eigenvalue weighted by atomic mass is 10.0. The Hall–Kier alpha value is -3.63. The molecule has 138 valence electrons. The van der Waals surface area contributed by atoms with Gasteiger partial charge in [0.25, 0.3) is 0 Å². The first-order valence-corrected chi connectivity index (χ1v) is 8.61. The van der Waals surface area contributed by atoms with Crippen LogP contribution < -0.4 is 0 Å². The van der Waals surface area contributed by atoms with Crippen LogP contribution in [-0.2, 0) is 5.60 Å². The maximum atomic E-state index is 13.7. The molecule has 4 rings (SSSR count).